The summed E-state index contributed by atoms with van der Waals surface area (Å²) in [5.41, 5.74) is 0. The number of hydrogen-bond acceptors (Lipinski definition) is 3. The third-order valence-electron chi connectivity index (χ3n) is 2.00. The highest BCUT2D eigenvalue weighted by Crippen LogP contribution is 2.22. The number of alkyl halides is 3. The SMILES string of the molecule is CCCNC(CCS(C)(=O)=O)CC(F)(F)F. The molecule has 98 valence electrons. The van der Waals surface area contributed by atoms with Gasteiger partial charge in [0.25, 0.3) is 0 Å². The molecule has 0 aromatic carbocycles. The first-order valence-corrected chi connectivity index (χ1v) is 7.18. The minimum absolute atomic E-state index is 0.00164. The minimum Gasteiger partial charge on any atom is -0.314 e. The molecular weight excluding hydrogens is 243 g/mol. The van der Waals surface area contributed by atoms with Crippen LogP contribution in [-0.4, -0.2) is 39.2 Å². The van der Waals surface area contributed by atoms with Crippen LogP contribution in [0.5, 0.6) is 0 Å². The molecule has 0 aliphatic carbocycles. The van der Waals surface area contributed by atoms with Crippen LogP contribution in [0.4, 0.5) is 13.2 Å². The Labute approximate surface area is 94.3 Å². The highest BCUT2D eigenvalue weighted by molar-refractivity contribution is 7.90. The second-order valence-electron chi connectivity index (χ2n) is 3.89. The van der Waals surface area contributed by atoms with Gasteiger partial charge < -0.3 is 5.32 Å². The maximum absolute atomic E-state index is 12.2. The molecule has 0 saturated heterocycles. The van der Waals surface area contributed by atoms with E-state index in [-0.39, 0.29) is 12.2 Å². The molecule has 1 N–H and O–H groups in total. The Kier molecular flexibility index (Phi) is 6.32. The van der Waals surface area contributed by atoms with E-state index in [1.807, 2.05) is 6.92 Å². The van der Waals surface area contributed by atoms with Gasteiger partial charge in [-0.2, -0.15) is 13.2 Å². The maximum Gasteiger partial charge on any atom is 0.390 e. The van der Waals surface area contributed by atoms with E-state index >= 15 is 0 Å². The van der Waals surface area contributed by atoms with Gasteiger partial charge in [0.1, 0.15) is 9.84 Å². The second-order valence-corrected chi connectivity index (χ2v) is 6.15. The lowest BCUT2D eigenvalue weighted by Gasteiger charge is -2.19. The van der Waals surface area contributed by atoms with E-state index < -0.39 is 28.5 Å². The van der Waals surface area contributed by atoms with E-state index in [1.165, 1.54) is 0 Å². The van der Waals surface area contributed by atoms with Crippen molar-refractivity contribution in [3.8, 4) is 0 Å². The van der Waals surface area contributed by atoms with E-state index in [4.69, 9.17) is 0 Å². The molecule has 0 bridgehead atoms. The van der Waals surface area contributed by atoms with Gasteiger partial charge in [-0.05, 0) is 19.4 Å². The van der Waals surface area contributed by atoms with Crippen LogP contribution >= 0.6 is 0 Å². The molecule has 1 unspecified atom stereocenters. The minimum atomic E-state index is -4.26. The summed E-state index contributed by atoms with van der Waals surface area (Å²) < 4.78 is 58.2. The highest BCUT2D eigenvalue weighted by atomic mass is 32.2. The van der Waals surface area contributed by atoms with E-state index in [0.29, 0.717) is 13.0 Å². The van der Waals surface area contributed by atoms with Gasteiger partial charge in [0.15, 0.2) is 0 Å². The largest absolute Gasteiger partial charge is 0.390 e. The first-order valence-electron chi connectivity index (χ1n) is 5.12. The Bertz CT molecular complexity index is 288. The molecule has 0 aliphatic rings. The van der Waals surface area contributed by atoms with E-state index in [2.05, 4.69) is 5.32 Å². The first kappa shape index (κ1) is 15.7. The van der Waals surface area contributed by atoms with Gasteiger partial charge in [-0.15, -0.1) is 0 Å². The van der Waals surface area contributed by atoms with Crippen LogP contribution in [-0.2, 0) is 9.84 Å². The summed E-state index contributed by atoms with van der Waals surface area (Å²) in [7, 11) is -3.21. The zero-order valence-electron chi connectivity index (χ0n) is 9.47. The molecule has 0 spiro atoms. The third kappa shape index (κ3) is 10.2. The van der Waals surface area contributed by atoms with Crippen LogP contribution in [0.3, 0.4) is 0 Å². The zero-order valence-corrected chi connectivity index (χ0v) is 10.3. The Hall–Kier alpha value is -0.300. The summed E-state index contributed by atoms with van der Waals surface area (Å²) in [5.74, 6) is -0.218. The van der Waals surface area contributed by atoms with Gasteiger partial charge in [0.05, 0.1) is 12.2 Å². The number of rotatable bonds is 7. The predicted molar refractivity (Wildman–Crippen MR) is 57.1 cm³/mol. The van der Waals surface area contributed by atoms with E-state index in [0.717, 1.165) is 6.26 Å². The van der Waals surface area contributed by atoms with Crippen molar-refractivity contribution in [2.75, 3.05) is 18.6 Å². The van der Waals surface area contributed by atoms with Gasteiger partial charge in [0, 0.05) is 12.3 Å². The molecule has 0 rings (SSSR count). The number of hydrogen-bond donors (Lipinski definition) is 1. The van der Waals surface area contributed by atoms with Crippen molar-refractivity contribution in [3.05, 3.63) is 0 Å². The molecule has 16 heavy (non-hydrogen) atoms. The average Bonchev–Trinajstić information content (AvgIpc) is 2.06. The Balaban J connectivity index is 4.21. The fraction of sp³-hybridized carbons (Fsp3) is 1.00. The van der Waals surface area contributed by atoms with Crippen molar-refractivity contribution in [1.29, 1.82) is 0 Å². The molecule has 0 aliphatic heterocycles. The molecular formula is C9H18F3NO2S. The molecule has 0 saturated carbocycles. The molecule has 3 nitrogen and oxygen atoms in total. The fourth-order valence-electron chi connectivity index (χ4n) is 1.26. The van der Waals surface area contributed by atoms with Crippen molar-refractivity contribution < 1.29 is 21.6 Å². The molecule has 0 radical (unpaired) electrons. The number of nitrogens with one attached hydrogen (secondary N) is 1. The summed E-state index contributed by atoms with van der Waals surface area (Å²) in [6, 6.07) is -0.810. The number of halogens is 3. The quantitative estimate of drug-likeness (QED) is 0.759. The lowest BCUT2D eigenvalue weighted by molar-refractivity contribution is -0.140. The van der Waals surface area contributed by atoms with Crippen molar-refractivity contribution >= 4 is 9.84 Å². The summed E-state index contributed by atoms with van der Waals surface area (Å²) in [6.07, 6.45) is -3.51. The van der Waals surface area contributed by atoms with Crippen molar-refractivity contribution in [2.24, 2.45) is 0 Å². The van der Waals surface area contributed by atoms with Crippen LogP contribution in [0.2, 0.25) is 0 Å². The van der Waals surface area contributed by atoms with Gasteiger partial charge >= 0.3 is 6.18 Å². The monoisotopic (exact) mass is 261 g/mol. The Morgan fingerprint density at radius 3 is 2.25 bits per heavy atom. The normalized spacial score (nSPS) is 15.1. The van der Waals surface area contributed by atoms with Crippen molar-refractivity contribution in [1.82, 2.24) is 5.32 Å². The second kappa shape index (κ2) is 6.44. The van der Waals surface area contributed by atoms with Crippen LogP contribution in [0.25, 0.3) is 0 Å². The summed E-state index contributed by atoms with van der Waals surface area (Å²) in [5, 5.41) is 2.71. The summed E-state index contributed by atoms with van der Waals surface area (Å²) >= 11 is 0. The lowest BCUT2D eigenvalue weighted by atomic mass is 10.1. The van der Waals surface area contributed by atoms with Crippen LogP contribution in [0, 0.1) is 0 Å². The Morgan fingerprint density at radius 2 is 1.88 bits per heavy atom. The first-order chi connectivity index (χ1) is 7.14. The lowest BCUT2D eigenvalue weighted by Crippen LogP contribution is -2.35. The van der Waals surface area contributed by atoms with Gasteiger partial charge in [0.2, 0.25) is 0 Å². The maximum atomic E-state index is 12.2. The van der Waals surface area contributed by atoms with Gasteiger partial charge in [-0.1, -0.05) is 6.92 Å². The smallest absolute Gasteiger partial charge is 0.314 e. The third-order valence-corrected chi connectivity index (χ3v) is 2.98. The van der Waals surface area contributed by atoms with Crippen molar-refractivity contribution in [3.63, 3.8) is 0 Å². The van der Waals surface area contributed by atoms with E-state index in [9.17, 15) is 21.6 Å². The molecule has 0 heterocycles. The average molecular weight is 261 g/mol. The van der Waals surface area contributed by atoms with Crippen LogP contribution in [0.15, 0.2) is 0 Å². The molecule has 7 heteroatoms. The predicted octanol–water partition coefficient (Wildman–Crippen LogP) is 1.74. The topological polar surface area (TPSA) is 46.2 Å². The molecule has 0 aromatic rings. The standard InChI is InChI=1S/C9H18F3NO2S/c1-3-5-13-8(7-9(10,11)12)4-6-16(2,14)15/h8,13H,3-7H2,1-2H3. The molecule has 1 atom stereocenters. The molecule has 0 amide bonds. The molecule has 0 aromatic heterocycles. The van der Waals surface area contributed by atoms with Gasteiger partial charge in [-0.3, -0.25) is 0 Å². The summed E-state index contributed by atoms with van der Waals surface area (Å²) in [6.45, 7) is 2.30. The van der Waals surface area contributed by atoms with Gasteiger partial charge in [-0.25, -0.2) is 8.42 Å². The van der Waals surface area contributed by atoms with Crippen LogP contribution in [0.1, 0.15) is 26.2 Å². The van der Waals surface area contributed by atoms with E-state index in [1.54, 1.807) is 0 Å². The van der Waals surface area contributed by atoms with Crippen molar-refractivity contribution in [2.45, 2.75) is 38.4 Å². The number of sulfone groups is 1. The highest BCUT2D eigenvalue weighted by Gasteiger charge is 2.31. The summed E-state index contributed by atoms with van der Waals surface area (Å²) in [4.78, 5) is 0. The Morgan fingerprint density at radius 1 is 1.31 bits per heavy atom. The molecule has 0 fully saturated rings. The fourth-order valence-corrected chi connectivity index (χ4v) is 1.97. The van der Waals surface area contributed by atoms with Crippen LogP contribution < -0.4 is 5.32 Å². The zero-order chi connectivity index (χ0) is 12.8.